The van der Waals surface area contributed by atoms with Crippen molar-refractivity contribution in [1.29, 1.82) is 0 Å². The van der Waals surface area contributed by atoms with E-state index in [9.17, 15) is 9.90 Å². The van der Waals surface area contributed by atoms with E-state index in [0.29, 0.717) is 47.2 Å². The Kier molecular flexibility index (Phi) is 7.03. The van der Waals surface area contributed by atoms with Crippen molar-refractivity contribution in [3.8, 4) is 0 Å². The van der Waals surface area contributed by atoms with Crippen LogP contribution in [0.25, 0.3) is 0 Å². The lowest BCUT2D eigenvalue weighted by Crippen LogP contribution is -2.60. The molecule has 8 fully saturated rings. The molecule has 2 spiro atoms. The van der Waals surface area contributed by atoms with Gasteiger partial charge in [0.1, 0.15) is 6.61 Å². The molecule has 0 bridgehead atoms. The maximum absolute atomic E-state index is 12.4. The molecule has 1 N–H and O–H groups in total. The number of morpholine rings is 1. The molecule has 3 aliphatic heterocycles. The molecule has 8 heteroatoms. The van der Waals surface area contributed by atoms with Gasteiger partial charge < -0.3 is 28.8 Å². The molecule has 5 saturated carbocycles. The van der Waals surface area contributed by atoms with Crippen LogP contribution in [0.1, 0.15) is 92.9 Å². The summed E-state index contributed by atoms with van der Waals surface area (Å²) in [5, 5.41) is 12.4. The standard InChI is InChI=1S/C36H57NO7/c1-21-15-24(19-42-22(2)38)43-30-29(21)33(5)11-12-36-20-35(36)10-9-27(44-28-16-37(13-14-41-28)23-17-40-18-23)32(3,4)25(35)7-8-26(36)34(33,6)31(30)39/h21,23-31,39H,7-20H2,1-6H3/t21-,24-,25+,26+,27+,28+,29+,30+,31+,33-,34-,35-,36+/m1/s1. The highest BCUT2D eigenvalue weighted by Gasteiger charge is 2.84. The number of fused-ring (bicyclic) bond motifs is 4. The number of rotatable bonds is 5. The van der Waals surface area contributed by atoms with Gasteiger partial charge in [0.05, 0.1) is 56.8 Å². The number of hydrogen-bond donors (Lipinski definition) is 1. The van der Waals surface area contributed by atoms with Crippen LogP contribution in [0.5, 0.6) is 0 Å². The monoisotopic (exact) mass is 615 g/mol. The molecule has 13 atom stereocenters. The molecule has 0 aromatic carbocycles. The zero-order valence-corrected chi connectivity index (χ0v) is 28.0. The molecular formula is C36H57NO7. The van der Waals surface area contributed by atoms with E-state index in [0.717, 1.165) is 45.8 Å². The Morgan fingerprint density at radius 3 is 2.50 bits per heavy atom. The summed E-state index contributed by atoms with van der Waals surface area (Å²) in [6.45, 7) is 18.3. The van der Waals surface area contributed by atoms with E-state index in [1.165, 1.54) is 45.4 Å². The number of hydrogen-bond acceptors (Lipinski definition) is 8. The fourth-order valence-corrected chi connectivity index (χ4v) is 13.6. The van der Waals surface area contributed by atoms with Crippen molar-refractivity contribution >= 4 is 5.97 Å². The minimum Gasteiger partial charge on any atom is -0.463 e. The Hall–Kier alpha value is -0.770. The first kappa shape index (κ1) is 30.6. The van der Waals surface area contributed by atoms with Crippen molar-refractivity contribution < 1.29 is 33.6 Å². The second-order valence-corrected chi connectivity index (χ2v) is 17.6. The lowest BCUT2D eigenvalue weighted by atomic mass is 9.41. The molecule has 0 unspecified atom stereocenters. The smallest absolute Gasteiger partial charge is 0.302 e. The van der Waals surface area contributed by atoms with Crippen LogP contribution < -0.4 is 0 Å². The average molecular weight is 616 g/mol. The molecule has 0 aromatic rings. The van der Waals surface area contributed by atoms with E-state index >= 15 is 0 Å². The minimum atomic E-state index is -0.489. The number of ether oxygens (including phenoxy) is 5. The van der Waals surface area contributed by atoms with Crippen molar-refractivity contribution in [3.63, 3.8) is 0 Å². The fourth-order valence-electron chi connectivity index (χ4n) is 13.6. The molecule has 3 heterocycles. The predicted molar refractivity (Wildman–Crippen MR) is 164 cm³/mol. The molecule has 0 radical (unpaired) electrons. The first-order valence-corrected chi connectivity index (χ1v) is 17.9. The second-order valence-electron chi connectivity index (χ2n) is 17.6. The van der Waals surface area contributed by atoms with E-state index in [1.807, 2.05) is 0 Å². The maximum atomic E-state index is 12.4. The number of aliphatic hydroxyl groups excluding tert-OH is 1. The van der Waals surface area contributed by atoms with Crippen LogP contribution in [-0.2, 0) is 28.5 Å². The van der Waals surface area contributed by atoms with Crippen LogP contribution in [-0.4, -0.2) is 92.2 Å². The summed E-state index contributed by atoms with van der Waals surface area (Å²) in [5.74, 6) is 1.66. The van der Waals surface area contributed by atoms with Gasteiger partial charge >= 0.3 is 5.97 Å². The van der Waals surface area contributed by atoms with E-state index in [2.05, 4.69) is 39.5 Å². The lowest BCUT2D eigenvalue weighted by Gasteiger charge is -2.64. The zero-order valence-electron chi connectivity index (χ0n) is 28.0. The largest absolute Gasteiger partial charge is 0.463 e. The predicted octanol–water partition coefficient (Wildman–Crippen LogP) is 4.81. The van der Waals surface area contributed by atoms with Crippen molar-refractivity contribution in [2.24, 2.45) is 50.7 Å². The Morgan fingerprint density at radius 1 is 1.02 bits per heavy atom. The maximum Gasteiger partial charge on any atom is 0.302 e. The summed E-state index contributed by atoms with van der Waals surface area (Å²) in [7, 11) is 0. The van der Waals surface area contributed by atoms with E-state index in [1.54, 1.807) is 0 Å². The van der Waals surface area contributed by atoms with Crippen molar-refractivity contribution in [3.05, 3.63) is 0 Å². The number of aliphatic hydroxyl groups is 1. The van der Waals surface area contributed by atoms with E-state index in [4.69, 9.17) is 23.7 Å². The zero-order chi connectivity index (χ0) is 30.9. The highest BCUT2D eigenvalue weighted by atomic mass is 16.7. The lowest BCUT2D eigenvalue weighted by molar-refractivity contribution is -0.256. The van der Waals surface area contributed by atoms with Gasteiger partial charge in [0.2, 0.25) is 0 Å². The third-order valence-electron chi connectivity index (χ3n) is 15.8. The third-order valence-corrected chi connectivity index (χ3v) is 15.8. The average Bonchev–Trinajstić information content (AvgIpc) is 3.57. The van der Waals surface area contributed by atoms with Crippen LogP contribution in [0.2, 0.25) is 0 Å². The van der Waals surface area contributed by atoms with Gasteiger partial charge in [-0.25, -0.2) is 0 Å². The topological polar surface area (TPSA) is 86.7 Å². The summed E-state index contributed by atoms with van der Waals surface area (Å²) in [4.78, 5) is 14.1. The van der Waals surface area contributed by atoms with Crippen LogP contribution >= 0.6 is 0 Å². The Balaban J connectivity index is 1.02. The van der Waals surface area contributed by atoms with Gasteiger partial charge in [0, 0.05) is 18.9 Å². The molecule has 0 aromatic heterocycles. The van der Waals surface area contributed by atoms with Crippen LogP contribution in [0.4, 0.5) is 0 Å². The summed E-state index contributed by atoms with van der Waals surface area (Å²) in [5.41, 5.74) is 0.639. The summed E-state index contributed by atoms with van der Waals surface area (Å²) in [6, 6.07) is 0.524. The van der Waals surface area contributed by atoms with Crippen LogP contribution in [0.3, 0.4) is 0 Å². The molecule has 8 rings (SSSR count). The number of carbonyl (C=O) groups excluding carboxylic acids is 1. The van der Waals surface area contributed by atoms with Gasteiger partial charge in [-0.2, -0.15) is 0 Å². The highest BCUT2D eigenvalue weighted by molar-refractivity contribution is 5.65. The molecule has 44 heavy (non-hydrogen) atoms. The van der Waals surface area contributed by atoms with Gasteiger partial charge in [0.15, 0.2) is 6.29 Å². The number of nitrogens with zero attached hydrogens (tertiary/aromatic N) is 1. The van der Waals surface area contributed by atoms with E-state index < -0.39 is 6.10 Å². The quantitative estimate of drug-likeness (QED) is 0.442. The van der Waals surface area contributed by atoms with Gasteiger partial charge in [-0.1, -0.05) is 34.6 Å². The molecule has 5 aliphatic carbocycles. The molecule has 8 nitrogen and oxygen atoms in total. The van der Waals surface area contributed by atoms with Gasteiger partial charge in [-0.3, -0.25) is 9.69 Å². The first-order chi connectivity index (χ1) is 20.9. The Bertz CT molecular complexity index is 1160. The van der Waals surface area contributed by atoms with Gasteiger partial charge in [-0.05, 0) is 96.7 Å². The minimum absolute atomic E-state index is 0.0426. The first-order valence-electron chi connectivity index (χ1n) is 17.9. The van der Waals surface area contributed by atoms with Crippen molar-refractivity contribution in [1.82, 2.24) is 4.90 Å². The van der Waals surface area contributed by atoms with Crippen molar-refractivity contribution in [2.75, 3.05) is 39.5 Å². The van der Waals surface area contributed by atoms with Crippen molar-refractivity contribution in [2.45, 2.75) is 130 Å². The third kappa shape index (κ3) is 3.93. The normalized spacial score (nSPS) is 54.6. The highest BCUT2D eigenvalue weighted by Crippen LogP contribution is 2.89. The van der Waals surface area contributed by atoms with E-state index in [-0.39, 0.29) is 46.8 Å². The molecule has 0 amide bonds. The number of carbonyl (C=O) groups is 1. The SMILES string of the molecule is CC(=O)OC[C@H]1C[C@@H](C)[C@H]2[C@H](O1)[C@H](O)[C@@]1(C)[C@@H]3CC[C@H]4C(C)(C)[C@@H](O[C@H]5CN(C6COC6)CCO5)CC[C@@]45C[C@@]35CC[C@]21C. The molecule has 3 saturated heterocycles. The second kappa shape index (κ2) is 10.1. The summed E-state index contributed by atoms with van der Waals surface area (Å²) >= 11 is 0. The van der Waals surface area contributed by atoms with Gasteiger partial charge in [0.25, 0.3) is 0 Å². The number of esters is 1. The van der Waals surface area contributed by atoms with Gasteiger partial charge in [-0.15, -0.1) is 0 Å². The molecule has 8 aliphatic rings. The summed E-state index contributed by atoms with van der Waals surface area (Å²) in [6.07, 6.45) is 8.67. The van der Waals surface area contributed by atoms with Crippen LogP contribution in [0.15, 0.2) is 0 Å². The Labute approximate surface area is 264 Å². The van der Waals surface area contributed by atoms with Crippen LogP contribution in [0, 0.1) is 50.7 Å². The Morgan fingerprint density at radius 2 is 1.77 bits per heavy atom. The fraction of sp³-hybridized carbons (Fsp3) is 0.972. The summed E-state index contributed by atoms with van der Waals surface area (Å²) < 4.78 is 30.6. The molecular weight excluding hydrogens is 558 g/mol. The molecule has 248 valence electrons.